The van der Waals surface area contributed by atoms with Crippen molar-refractivity contribution in [2.24, 2.45) is 11.8 Å². The van der Waals surface area contributed by atoms with Gasteiger partial charge in [0.15, 0.2) is 6.10 Å². The van der Waals surface area contributed by atoms with Crippen molar-refractivity contribution in [3.8, 4) is 11.5 Å². The highest BCUT2D eigenvalue weighted by Crippen LogP contribution is 2.45. The molecule has 2 aliphatic rings. The van der Waals surface area contributed by atoms with Crippen LogP contribution in [0.2, 0.25) is 0 Å². The number of ether oxygens (including phenoxy) is 3. The van der Waals surface area contributed by atoms with Gasteiger partial charge in [-0.05, 0) is 54.2 Å². The van der Waals surface area contributed by atoms with Crippen LogP contribution in [0.25, 0.3) is 0 Å². The van der Waals surface area contributed by atoms with Gasteiger partial charge >= 0.3 is 12.3 Å². The number of hydrogen-bond acceptors (Lipinski definition) is 6. The zero-order valence-corrected chi connectivity index (χ0v) is 20.0. The van der Waals surface area contributed by atoms with Gasteiger partial charge in [-0.25, -0.2) is 4.79 Å². The van der Waals surface area contributed by atoms with Crippen molar-refractivity contribution in [2.75, 3.05) is 32.8 Å². The third-order valence-corrected chi connectivity index (χ3v) is 6.57. The second kappa shape index (κ2) is 11.5. The number of rotatable bonds is 13. The molecule has 1 aliphatic carbocycles. The van der Waals surface area contributed by atoms with E-state index in [1.165, 1.54) is 12.1 Å². The van der Waals surface area contributed by atoms with Crippen molar-refractivity contribution >= 4 is 5.97 Å². The first kappa shape index (κ1) is 26.2. The predicted octanol–water partition coefficient (Wildman–Crippen LogP) is 3.72. The second-order valence-corrected chi connectivity index (χ2v) is 9.17. The minimum absolute atomic E-state index is 0.202. The van der Waals surface area contributed by atoms with Crippen molar-refractivity contribution in [1.82, 2.24) is 10.2 Å². The van der Waals surface area contributed by atoms with Crippen LogP contribution in [0, 0.1) is 11.8 Å². The van der Waals surface area contributed by atoms with Gasteiger partial charge in [0.1, 0.15) is 18.1 Å². The normalized spacial score (nSPS) is 22.2. The lowest BCUT2D eigenvalue weighted by Gasteiger charge is -2.20. The SMILES string of the molecule is CCO[C@@H](Cc1ccc(OCCNC2C3CN(Cc4ccc(OC(F)(F)F)cc4)C[C@@H]32)cc1)C(=O)O. The molecule has 2 unspecified atom stereocenters. The zero-order valence-electron chi connectivity index (χ0n) is 20.0. The fourth-order valence-corrected chi connectivity index (χ4v) is 4.85. The topological polar surface area (TPSA) is 80.3 Å². The minimum Gasteiger partial charge on any atom is -0.492 e. The van der Waals surface area contributed by atoms with Gasteiger partial charge in [0, 0.05) is 45.2 Å². The molecule has 7 nitrogen and oxygen atoms in total. The number of carboxylic acids is 1. The van der Waals surface area contributed by atoms with Crippen LogP contribution in [0.3, 0.4) is 0 Å². The number of nitrogens with one attached hydrogen (secondary N) is 1. The number of benzene rings is 2. The Balaban J connectivity index is 1.11. The maximum atomic E-state index is 12.3. The van der Waals surface area contributed by atoms with Crippen molar-refractivity contribution < 1.29 is 37.3 Å². The molecule has 36 heavy (non-hydrogen) atoms. The smallest absolute Gasteiger partial charge is 0.492 e. The molecule has 2 fully saturated rings. The number of fused-ring (bicyclic) bond motifs is 1. The number of carboxylic acid groups (broad SMARTS) is 1. The quantitative estimate of drug-likeness (QED) is 0.399. The van der Waals surface area contributed by atoms with Crippen LogP contribution in [0.4, 0.5) is 13.2 Å². The van der Waals surface area contributed by atoms with E-state index in [4.69, 9.17) is 9.47 Å². The maximum absolute atomic E-state index is 12.3. The summed E-state index contributed by atoms with van der Waals surface area (Å²) in [5, 5.41) is 12.7. The molecule has 4 rings (SSSR count). The Kier molecular flexibility index (Phi) is 8.38. The van der Waals surface area contributed by atoms with Crippen LogP contribution in [0.1, 0.15) is 18.1 Å². The molecule has 10 heteroatoms. The summed E-state index contributed by atoms with van der Waals surface area (Å²) in [6.45, 7) is 6.02. The van der Waals surface area contributed by atoms with E-state index in [1.54, 1.807) is 19.1 Å². The highest BCUT2D eigenvalue weighted by Gasteiger charge is 2.55. The first-order valence-corrected chi connectivity index (χ1v) is 12.1. The van der Waals surface area contributed by atoms with Crippen molar-refractivity contribution in [1.29, 1.82) is 0 Å². The van der Waals surface area contributed by atoms with Crippen LogP contribution < -0.4 is 14.8 Å². The average molecular weight is 509 g/mol. The fraction of sp³-hybridized carbons (Fsp3) is 0.500. The first-order valence-electron chi connectivity index (χ1n) is 12.1. The molecule has 0 radical (unpaired) electrons. The maximum Gasteiger partial charge on any atom is 0.573 e. The van der Waals surface area contributed by atoms with E-state index in [-0.39, 0.29) is 5.75 Å². The van der Waals surface area contributed by atoms with Crippen LogP contribution in [0.15, 0.2) is 48.5 Å². The monoisotopic (exact) mass is 508 g/mol. The van der Waals surface area contributed by atoms with Gasteiger partial charge in [-0.15, -0.1) is 13.2 Å². The standard InChI is InChI=1S/C26H31F3N2O5/c1-2-34-23(25(32)33)13-17-3-7-19(8-4-17)35-12-11-30-24-21-15-31(16-22(21)24)14-18-5-9-20(10-6-18)36-26(27,28)29/h3-10,21-24,30H,2,11-16H2,1H3,(H,32,33)/t21-,22?,23-,24?/m0/s1. The summed E-state index contributed by atoms with van der Waals surface area (Å²) in [5.41, 5.74) is 1.84. The molecule has 1 saturated carbocycles. The molecule has 2 aromatic rings. The molecular weight excluding hydrogens is 477 g/mol. The second-order valence-electron chi connectivity index (χ2n) is 9.17. The zero-order chi connectivity index (χ0) is 25.7. The highest BCUT2D eigenvalue weighted by atomic mass is 19.4. The molecule has 2 N–H and O–H groups in total. The summed E-state index contributed by atoms with van der Waals surface area (Å²) in [4.78, 5) is 13.5. The van der Waals surface area contributed by atoms with Crippen molar-refractivity contribution in [3.05, 3.63) is 59.7 Å². The lowest BCUT2D eigenvalue weighted by molar-refractivity contribution is -0.274. The summed E-state index contributed by atoms with van der Waals surface area (Å²) in [6, 6.07) is 13.9. The van der Waals surface area contributed by atoms with Gasteiger partial charge in [-0.2, -0.15) is 0 Å². The Labute approximate surface area is 208 Å². The third-order valence-electron chi connectivity index (χ3n) is 6.57. The van der Waals surface area contributed by atoms with Crippen LogP contribution in [0.5, 0.6) is 11.5 Å². The molecule has 0 bridgehead atoms. The largest absolute Gasteiger partial charge is 0.573 e. The number of nitrogens with zero attached hydrogens (tertiary/aromatic N) is 1. The predicted molar refractivity (Wildman–Crippen MR) is 126 cm³/mol. The fourth-order valence-electron chi connectivity index (χ4n) is 4.85. The number of alkyl halides is 3. The third kappa shape index (κ3) is 7.35. The molecule has 4 atom stereocenters. The van der Waals surface area contributed by atoms with E-state index in [0.717, 1.165) is 36.5 Å². The molecule has 0 amide bonds. The Hall–Kier alpha value is -2.82. The Morgan fingerprint density at radius 2 is 1.67 bits per heavy atom. The molecule has 2 aromatic carbocycles. The molecule has 1 heterocycles. The van der Waals surface area contributed by atoms with E-state index in [1.807, 2.05) is 24.3 Å². The van der Waals surface area contributed by atoms with Gasteiger partial charge in [0.25, 0.3) is 0 Å². The van der Waals surface area contributed by atoms with Gasteiger partial charge in [-0.1, -0.05) is 24.3 Å². The molecule has 0 spiro atoms. The van der Waals surface area contributed by atoms with Crippen molar-refractivity contribution in [3.63, 3.8) is 0 Å². The minimum atomic E-state index is -4.67. The van der Waals surface area contributed by atoms with Crippen molar-refractivity contribution in [2.45, 2.75) is 38.4 Å². The number of piperidine rings is 1. The summed E-state index contributed by atoms with van der Waals surface area (Å²) >= 11 is 0. The summed E-state index contributed by atoms with van der Waals surface area (Å²) in [7, 11) is 0. The van der Waals surface area contributed by atoms with Crippen LogP contribution >= 0.6 is 0 Å². The van der Waals surface area contributed by atoms with Gasteiger partial charge in [0.2, 0.25) is 0 Å². The molecule has 0 aromatic heterocycles. The van der Waals surface area contributed by atoms with Gasteiger partial charge in [0.05, 0.1) is 0 Å². The van der Waals surface area contributed by atoms with E-state index in [2.05, 4.69) is 15.0 Å². The van der Waals surface area contributed by atoms with E-state index < -0.39 is 18.4 Å². The number of carbonyl (C=O) groups is 1. The number of aliphatic carboxylic acids is 1. The molecule has 1 saturated heterocycles. The van der Waals surface area contributed by atoms with Gasteiger partial charge < -0.3 is 24.6 Å². The summed E-state index contributed by atoms with van der Waals surface area (Å²) < 4.78 is 51.8. The molecular formula is C26H31F3N2O5. The summed E-state index contributed by atoms with van der Waals surface area (Å²) in [5.74, 6) is 0.739. The van der Waals surface area contributed by atoms with E-state index in [9.17, 15) is 23.1 Å². The Bertz CT molecular complexity index is 988. The average Bonchev–Trinajstić information content (AvgIpc) is 3.27. The molecule has 1 aliphatic heterocycles. The Morgan fingerprint density at radius 3 is 2.25 bits per heavy atom. The number of likely N-dealkylation sites (tertiary alicyclic amines) is 1. The van der Waals surface area contributed by atoms with E-state index in [0.29, 0.717) is 44.1 Å². The lowest BCUT2D eigenvalue weighted by Crippen LogP contribution is -2.33. The number of hydrogen-bond donors (Lipinski definition) is 2. The highest BCUT2D eigenvalue weighted by molar-refractivity contribution is 5.72. The summed E-state index contributed by atoms with van der Waals surface area (Å²) in [6.07, 6.45) is -5.21. The van der Waals surface area contributed by atoms with Gasteiger partial charge in [-0.3, -0.25) is 4.90 Å². The first-order chi connectivity index (χ1) is 17.2. The number of halogens is 3. The van der Waals surface area contributed by atoms with E-state index >= 15 is 0 Å². The molecule has 196 valence electrons. The van der Waals surface area contributed by atoms with Crippen LogP contribution in [-0.2, 0) is 22.5 Å². The lowest BCUT2D eigenvalue weighted by atomic mass is 10.1. The van der Waals surface area contributed by atoms with Crippen LogP contribution in [-0.4, -0.2) is 67.3 Å². The Morgan fingerprint density at radius 1 is 1.06 bits per heavy atom.